The Kier molecular flexibility index (Phi) is 8.56. The molecule has 3 aromatic carbocycles. The number of amides is 1. The van der Waals surface area contributed by atoms with Crippen molar-refractivity contribution in [1.82, 2.24) is 14.5 Å². The van der Waals surface area contributed by atoms with Crippen molar-refractivity contribution in [3.8, 4) is 17.2 Å². The molecule has 1 amide bonds. The van der Waals surface area contributed by atoms with Crippen molar-refractivity contribution < 1.29 is 14.3 Å². The van der Waals surface area contributed by atoms with Crippen molar-refractivity contribution in [1.29, 1.82) is 0 Å². The van der Waals surface area contributed by atoms with Gasteiger partial charge in [-0.1, -0.05) is 44.2 Å². The maximum Gasteiger partial charge on any atom is 0.266 e. The van der Waals surface area contributed by atoms with Gasteiger partial charge >= 0.3 is 0 Å². The second kappa shape index (κ2) is 12.2. The van der Waals surface area contributed by atoms with Gasteiger partial charge in [-0.3, -0.25) is 14.2 Å². The molecule has 0 N–H and O–H groups in total. The summed E-state index contributed by atoms with van der Waals surface area (Å²) in [6.45, 7) is 6.93. The first kappa shape index (κ1) is 25.9. The number of para-hydroxylation sites is 2. The Balaban J connectivity index is 1.79. The summed E-state index contributed by atoms with van der Waals surface area (Å²) in [5.74, 6) is 1.73. The zero-order valence-corrected chi connectivity index (χ0v) is 21.6. The molecule has 7 heteroatoms. The average molecular weight is 500 g/mol. The van der Waals surface area contributed by atoms with E-state index >= 15 is 0 Å². The molecule has 7 nitrogen and oxygen atoms in total. The predicted octanol–water partition coefficient (Wildman–Crippen LogP) is 5.55. The molecule has 4 aromatic rings. The van der Waals surface area contributed by atoms with E-state index in [-0.39, 0.29) is 18.1 Å². The summed E-state index contributed by atoms with van der Waals surface area (Å²) in [6, 6.07) is 23.6. The highest BCUT2D eigenvalue weighted by Crippen LogP contribution is 2.27. The number of benzene rings is 3. The van der Waals surface area contributed by atoms with E-state index in [9.17, 15) is 9.59 Å². The fourth-order valence-electron chi connectivity index (χ4n) is 4.46. The van der Waals surface area contributed by atoms with Crippen LogP contribution in [0.2, 0.25) is 0 Å². The molecule has 192 valence electrons. The Morgan fingerprint density at radius 3 is 2.24 bits per heavy atom. The van der Waals surface area contributed by atoms with Crippen LogP contribution in [-0.2, 0) is 4.79 Å². The van der Waals surface area contributed by atoms with E-state index in [1.165, 1.54) is 0 Å². The number of hydrogen-bond acceptors (Lipinski definition) is 5. The maximum atomic E-state index is 13.8. The summed E-state index contributed by atoms with van der Waals surface area (Å²) in [5, 5.41) is 0.524. The van der Waals surface area contributed by atoms with E-state index in [4.69, 9.17) is 14.5 Å². The predicted molar refractivity (Wildman–Crippen MR) is 145 cm³/mol. The highest BCUT2D eigenvalue weighted by Gasteiger charge is 2.29. The Morgan fingerprint density at radius 2 is 1.57 bits per heavy atom. The zero-order chi connectivity index (χ0) is 26.2. The van der Waals surface area contributed by atoms with E-state index in [1.54, 1.807) is 15.5 Å². The van der Waals surface area contributed by atoms with Crippen molar-refractivity contribution in [2.24, 2.45) is 0 Å². The zero-order valence-electron chi connectivity index (χ0n) is 21.6. The fourth-order valence-corrected chi connectivity index (χ4v) is 4.46. The van der Waals surface area contributed by atoms with Crippen LogP contribution in [0.15, 0.2) is 83.7 Å². The summed E-state index contributed by atoms with van der Waals surface area (Å²) in [5.41, 5.74) is 1.10. The lowest BCUT2D eigenvalue weighted by Gasteiger charge is -2.32. The largest absolute Gasteiger partial charge is 0.494 e. The minimum absolute atomic E-state index is 0.0959. The van der Waals surface area contributed by atoms with Crippen LogP contribution in [0.1, 0.15) is 45.5 Å². The molecular weight excluding hydrogens is 466 g/mol. The third-order valence-corrected chi connectivity index (χ3v) is 6.16. The number of carbonyl (C=O) groups is 1. The van der Waals surface area contributed by atoms with Crippen molar-refractivity contribution in [3.63, 3.8) is 0 Å². The van der Waals surface area contributed by atoms with Gasteiger partial charge in [-0.05, 0) is 68.3 Å². The van der Waals surface area contributed by atoms with Crippen molar-refractivity contribution in [2.45, 2.75) is 39.7 Å². The molecule has 0 aliphatic carbocycles. The van der Waals surface area contributed by atoms with Gasteiger partial charge in [0, 0.05) is 6.54 Å². The smallest absolute Gasteiger partial charge is 0.266 e. The highest BCUT2D eigenvalue weighted by molar-refractivity contribution is 5.79. The molecule has 0 spiro atoms. The van der Waals surface area contributed by atoms with E-state index in [2.05, 4.69) is 0 Å². The SMILES string of the molecule is CCCN(C(=O)COc1ccccc1)C(CC)c1nc2ccccc2c(=O)n1-c1ccc(OCC)cc1. The average Bonchev–Trinajstić information content (AvgIpc) is 2.93. The second-order valence-electron chi connectivity index (χ2n) is 8.67. The van der Waals surface area contributed by atoms with Gasteiger partial charge in [-0.2, -0.15) is 0 Å². The molecule has 0 radical (unpaired) electrons. The standard InChI is InChI=1S/C30H33N3O4/c1-4-20-32(28(34)21-37-23-12-8-7-9-13-23)27(5-2)29-31-26-15-11-10-14-25(26)30(35)33(29)22-16-18-24(19-17-22)36-6-3/h7-19,27H,4-6,20-21H2,1-3H3. The van der Waals surface area contributed by atoms with E-state index in [1.807, 2.05) is 93.6 Å². The monoisotopic (exact) mass is 499 g/mol. The molecule has 0 saturated carbocycles. The molecule has 0 bridgehead atoms. The molecule has 0 saturated heterocycles. The van der Waals surface area contributed by atoms with Crippen molar-refractivity contribution in [2.75, 3.05) is 19.8 Å². The quantitative estimate of drug-likeness (QED) is 0.270. The van der Waals surface area contributed by atoms with Gasteiger partial charge in [0.1, 0.15) is 17.3 Å². The Labute approximate surface area is 217 Å². The molecular formula is C30H33N3O4. The van der Waals surface area contributed by atoms with E-state index in [0.717, 1.165) is 12.2 Å². The van der Waals surface area contributed by atoms with Crippen LogP contribution in [-0.4, -0.2) is 40.1 Å². The molecule has 37 heavy (non-hydrogen) atoms. The molecule has 1 aromatic heterocycles. The highest BCUT2D eigenvalue weighted by atomic mass is 16.5. The third kappa shape index (κ3) is 5.82. The Hall–Kier alpha value is -4.13. The number of carbonyl (C=O) groups excluding carboxylic acids is 1. The molecule has 1 unspecified atom stereocenters. The normalized spacial score (nSPS) is 11.8. The number of hydrogen-bond donors (Lipinski definition) is 0. The first-order valence-corrected chi connectivity index (χ1v) is 12.8. The van der Waals surface area contributed by atoms with Crippen LogP contribution in [0.25, 0.3) is 16.6 Å². The number of rotatable bonds is 11. The molecule has 0 fully saturated rings. The van der Waals surface area contributed by atoms with Gasteiger partial charge in [0.2, 0.25) is 0 Å². The van der Waals surface area contributed by atoms with E-state index in [0.29, 0.717) is 47.7 Å². The number of nitrogens with zero attached hydrogens (tertiary/aromatic N) is 3. The summed E-state index contributed by atoms with van der Waals surface area (Å²) >= 11 is 0. The van der Waals surface area contributed by atoms with Gasteiger partial charge in [-0.25, -0.2) is 4.98 Å². The van der Waals surface area contributed by atoms with Crippen LogP contribution in [0, 0.1) is 0 Å². The minimum Gasteiger partial charge on any atom is -0.494 e. The van der Waals surface area contributed by atoms with Crippen LogP contribution in [0.3, 0.4) is 0 Å². The van der Waals surface area contributed by atoms with Gasteiger partial charge in [-0.15, -0.1) is 0 Å². The van der Waals surface area contributed by atoms with Gasteiger partial charge in [0.15, 0.2) is 6.61 Å². The molecule has 0 aliphatic heterocycles. The second-order valence-corrected chi connectivity index (χ2v) is 8.67. The Morgan fingerprint density at radius 1 is 0.892 bits per heavy atom. The molecule has 4 rings (SSSR count). The summed E-state index contributed by atoms with van der Waals surface area (Å²) in [6.07, 6.45) is 1.34. The van der Waals surface area contributed by atoms with Crippen LogP contribution >= 0.6 is 0 Å². The summed E-state index contributed by atoms with van der Waals surface area (Å²) < 4.78 is 13.0. The van der Waals surface area contributed by atoms with E-state index < -0.39 is 6.04 Å². The topological polar surface area (TPSA) is 73.7 Å². The first-order chi connectivity index (χ1) is 18.1. The number of fused-ring (bicyclic) bond motifs is 1. The summed E-state index contributed by atoms with van der Waals surface area (Å²) in [7, 11) is 0. The van der Waals surface area contributed by atoms with Gasteiger partial charge in [0.25, 0.3) is 11.5 Å². The number of aromatic nitrogens is 2. The van der Waals surface area contributed by atoms with Crippen LogP contribution in [0.4, 0.5) is 0 Å². The minimum atomic E-state index is -0.421. The molecule has 0 aliphatic rings. The summed E-state index contributed by atoms with van der Waals surface area (Å²) in [4.78, 5) is 34.0. The van der Waals surface area contributed by atoms with Crippen molar-refractivity contribution in [3.05, 3.63) is 95.0 Å². The lowest BCUT2D eigenvalue weighted by atomic mass is 10.1. The van der Waals surface area contributed by atoms with Gasteiger partial charge in [0.05, 0.1) is 29.2 Å². The maximum absolute atomic E-state index is 13.8. The first-order valence-electron chi connectivity index (χ1n) is 12.8. The fraction of sp³-hybridized carbons (Fsp3) is 0.300. The van der Waals surface area contributed by atoms with Gasteiger partial charge < -0.3 is 14.4 Å². The lowest BCUT2D eigenvalue weighted by Crippen LogP contribution is -2.41. The van der Waals surface area contributed by atoms with Crippen LogP contribution < -0.4 is 15.0 Å². The lowest BCUT2D eigenvalue weighted by molar-refractivity contribution is -0.136. The third-order valence-electron chi connectivity index (χ3n) is 6.16. The van der Waals surface area contributed by atoms with Crippen molar-refractivity contribution >= 4 is 16.8 Å². The Bertz CT molecular complexity index is 1380. The molecule has 1 atom stereocenters. The van der Waals surface area contributed by atoms with Crippen LogP contribution in [0.5, 0.6) is 11.5 Å². The molecule has 1 heterocycles. The number of ether oxygens (including phenoxy) is 2.